The number of aryl methyl sites for hydroxylation is 8. The first-order valence-corrected chi connectivity index (χ1v) is 39.6. The number of amides is 1. The van der Waals surface area contributed by atoms with Gasteiger partial charge in [0.1, 0.15) is 28.6 Å². The number of carbonyl (C=O) groups excluding carboxylic acids is 2. The minimum Gasteiger partial charge on any atom is -0.502 e. The number of rotatable bonds is 16. The van der Waals surface area contributed by atoms with Crippen LogP contribution in [0.1, 0.15) is 165 Å². The number of nitrogens with two attached hydrogens (primary N) is 2. The Morgan fingerprint density at radius 1 is 0.542 bits per heavy atom. The molecule has 3 aliphatic rings. The number of aliphatic hydroxyl groups excluding tert-OH is 1. The summed E-state index contributed by atoms with van der Waals surface area (Å²) in [5.41, 5.74) is 23.9. The summed E-state index contributed by atoms with van der Waals surface area (Å²) in [6, 6.07) is 61.6. The molecule has 9 aromatic carbocycles. The summed E-state index contributed by atoms with van der Waals surface area (Å²) >= 11 is 3.37. The maximum atomic E-state index is 10.4. The largest absolute Gasteiger partial charge is 0.502 e. The van der Waals surface area contributed by atoms with Crippen LogP contribution in [0.4, 0.5) is 22.7 Å². The first kappa shape index (κ1) is 109. The van der Waals surface area contributed by atoms with Crippen molar-refractivity contribution in [1.29, 1.82) is 0 Å². The molecule has 0 aliphatic carbocycles. The minimum atomic E-state index is -0.616. The zero-order chi connectivity index (χ0) is 88.1. The number of anilines is 1. The molecule has 1 radical (unpaired) electrons. The summed E-state index contributed by atoms with van der Waals surface area (Å²) in [4.78, 5) is 65.2. The van der Waals surface area contributed by atoms with E-state index in [0.717, 1.165) is 101 Å². The zero-order valence-corrected chi connectivity index (χ0v) is 74.6. The molecule has 26 nitrogen and oxygen atoms in total. The Balaban J connectivity index is 0.00000133. The molecule has 3 fully saturated rings. The maximum absolute atomic E-state index is 10.4. The van der Waals surface area contributed by atoms with E-state index < -0.39 is 20.4 Å². The van der Waals surface area contributed by atoms with Crippen LogP contribution in [-0.2, 0) is 34.6 Å². The monoisotopic (exact) mass is 1760 g/mol. The van der Waals surface area contributed by atoms with Crippen LogP contribution in [-0.4, -0.2) is 123 Å². The normalized spacial score (nSPS) is 14.3. The Morgan fingerprint density at radius 2 is 0.967 bits per heavy atom. The SMILES string of the molecule is C.CC(C)(C)ON=O.CCO.COc1cc(C)ccc1Br.COc1cc(C)ccc1C=O.COc1cc(C)ccc1CC[C@H]1CCCN[C@H]1c1ccccc1.COc1cc(C)ccc1N.COc1cc(C)ccc1[N+](=O)[O-].Cc1ccc([N+](=O)[O-])c(O)c1.Cc1ccc([N+](=O)[O-])cc1.N[C@H]1CCCN[C@H]1c1ccccc1.O=CN1CCCCC1.[V]. The first-order chi connectivity index (χ1) is 56.3. The number of likely N-dealkylation sites (tertiary alicyclic amines) is 1. The molecule has 12 rings (SSSR count). The van der Waals surface area contributed by atoms with Gasteiger partial charge in [-0.3, -0.25) is 39.9 Å². The van der Waals surface area contributed by atoms with E-state index in [1.54, 1.807) is 99.5 Å². The number of nitrogens with one attached hydrogen (secondary N) is 2. The van der Waals surface area contributed by atoms with Gasteiger partial charge >= 0.3 is 11.4 Å². The molecular formula is C92H126BrN9O17V. The van der Waals surface area contributed by atoms with Crippen molar-refractivity contribution in [2.75, 3.05) is 74.1 Å². The number of hydrogen-bond donors (Lipinski definition) is 6. The van der Waals surface area contributed by atoms with Crippen LogP contribution in [0.15, 0.2) is 204 Å². The summed E-state index contributed by atoms with van der Waals surface area (Å²) in [7, 11) is 8.03. The van der Waals surface area contributed by atoms with Gasteiger partial charge in [-0.05, 0) is 274 Å². The fourth-order valence-electron chi connectivity index (χ4n) is 11.7. The van der Waals surface area contributed by atoms with Crippen LogP contribution >= 0.6 is 15.9 Å². The molecular weight excluding hydrogens is 1630 g/mol. The molecule has 0 saturated carbocycles. The van der Waals surface area contributed by atoms with Gasteiger partial charge in [0.2, 0.25) is 6.41 Å². The van der Waals surface area contributed by atoms with Gasteiger partial charge in [-0.25, -0.2) is 0 Å². The molecule has 0 unspecified atom stereocenters. The first-order valence-electron chi connectivity index (χ1n) is 38.8. The number of aromatic hydroxyl groups is 1. The van der Waals surface area contributed by atoms with Crippen molar-refractivity contribution in [1.82, 2.24) is 15.5 Å². The Hall–Kier alpha value is -10.8. The molecule has 3 aliphatic heterocycles. The molecule has 120 heavy (non-hydrogen) atoms. The molecule has 3 heterocycles. The number of aldehydes is 1. The predicted molar refractivity (Wildman–Crippen MR) is 480 cm³/mol. The number of piperidine rings is 3. The van der Waals surface area contributed by atoms with E-state index in [-0.39, 0.29) is 61.4 Å². The summed E-state index contributed by atoms with van der Waals surface area (Å²) in [5.74, 6) is 4.03. The molecule has 1 amide bonds. The Bertz CT molecular complexity index is 4360. The number of nitro benzene ring substituents is 3. The predicted octanol–water partition coefficient (Wildman–Crippen LogP) is 20.5. The number of non-ortho nitro benzene ring substituents is 1. The van der Waals surface area contributed by atoms with Gasteiger partial charge in [-0.1, -0.05) is 128 Å². The number of nitro groups is 3. The summed E-state index contributed by atoms with van der Waals surface area (Å²) < 4.78 is 26.5. The van der Waals surface area contributed by atoms with Crippen molar-refractivity contribution in [2.24, 2.45) is 17.0 Å². The van der Waals surface area contributed by atoms with E-state index in [2.05, 4.69) is 116 Å². The van der Waals surface area contributed by atoms with Crippen LogP contribution < -0.4 is 45.8 Å². The number of nitrogens with zero attached hydrogens (tertiary/aromatic N) is 5. The summed E-state index contributed by atoms with van der Waals surface area (Å²) in [5, 5.41) is 56.7. The molecule has 3 saturated heterocycles. The molecule has 9 aromatic rings. The minimum absolute atomic E-state index is 0. The number of aliphatic hydroxyl groups is 1. The van der Waals surface area contributed by atoms with E-state index in [9.17, 15) is 44.8 Å². The second kappa shape index (κ2) is 61.5. The van der Waals surface area contributed by atoms with Crippen molar-refractivity contribution < 1.29 is 81.6 Å². The zero-order valence-electron chi connectivity index (χ0n) is 71.6. The van der Waals surface area contributed by atoms with Gasteiger partial charge in [-0.15, -0.1) is 4.91 Å². The van der Waals surface area contributed by atoms with Crippen LogP contribution in [0.3, 0.4) is 0 Å². The molecule has 28 heteroatoms. The fourth-order valence-corrected chi connectivity index (χ4v) is 12.1. The van der Waals surface area contributed by atoms with Crippen LogP contribution in [0, 0.1) is 89.6 Å². The van der Waals surface area contributed by atoms with Crippen LogP contribution in [0.5, 0.6) is 34.5 Å². The molecule has 4 atom stereocenters. The number of phenolic OH excluding ortho intramolecular Hbond substituents is 1. The average molecular weight is 1760 g/mol. The number of phenols is 1. The smallest absolute Gasteiger partial charge is 0.310 e. The van der Waals surface area contributed by atoms with Crippen molar-refractivity contribution in [3.05, 3.63) is 295 Å². The quantitative estimate of drug-likeness (QED) is 0.0172. The van der Waals surface area contributed by atoms with E-state index in [4.69, 9.17) is 45.4 Å². The van der Waals surface area contributed by atoms with Gasteiger partial charge in [0, 0.05) is 80.6 Å². The number of methoxy groups -OCH3 is 5. The number of halogens is 1. The van der Waals surface area contributed by atoms with Gasteiger partial charge in [0.25, 0.3) is 5.69 Å². The second-order valence-corrected chi connectivity index (χ2v) is 29.4. The maximum Gasteiger partial charge on any atom is 0.310 e. The van der Waals surface area contributed by atoms with Crippen LogP contribution in [0.25, 0.3) is 0 Å². The third kappa shape index (κ3) is 43.8. The van der Waals surface area contributed by atoms with Gasteiger partial charge in [-0.2, -0.15) is 0 Å². The Labute approximate surface area is 729 Å². The number of benzene rings is 9. The number of hydrogen-bond acceptors (Lipinski definition) is 22. The van der Waals surface area contributed by atoms with Gasteiger partial charge in [0.15, 0.2) is 23.1 Å². The number of ether oxygens (including phenoxy) is 5. The molecule has 0 bridgehead atoms. The summed E-state index contributed by atoms with van der Waals surface area (Å²) in [6.45, 7) is 25.0. The Morgan fingerprint density at radius 3 is 1.40 bits per heavy atom. The third-order valence-electron chi connectivity index (χ3n) is 17.8. The third-order valence-corrected chi connectivity index (χ3v) is 18.5. The van der Waals surface area contributed by atoms with Gasteiger partial charge in [0.05, 0.1) is 66.0 Å². The topological polar surface area (TPSA) is 368 Å². The molecule has 0 spiro atoms. The fraction of sp³-hybridized carbons (Fsp3) is 0.391. The molecule has 653 valence electrons. The number of carbonyl (C=O) groups is 2. The van der Waals surface area contributed by atoms with Crippen molar-refractivity contribution in [2.45, 2.75) is 165 Å². The Kier molecular flexibility index (Phi) is 56.0. The van der Waals surface area contributed by atoms with E-state index in [1.807, 2.05) is 94.1 Å². The number of nitrogen functional groups attached to an aromatic ring is 1. The van der Waals surface area contributed by atoms with Crippen molar-refractivity contribution in [3.8, 4) is 34.5 Å². The summed E-state index contributed by atoms with van der Waals surface area (Å²) in [6.07, 6.45) is 12.6. The second-order valence-electron chi connectivity index (χ2n) is 28.6. The molecule has 0 aromatic heterocycles. The average Bonchev–Trinajstić information content (AvgIpc) is 0.841. The van der Waals surface area contributed by atoms with Crippen LogP contribution in [0.2, 0.25) is 0 Å². The standard InChI is InChI=1S/C21H27NO.C11H16N2.C9H10O2.C8H9BrO.C8H9NO3.C8H11NO.C7H7NO3.C7H7NO2.C6H11NO.C4H9NO2.C2H6O.CH4.V/c1-16-10-11-17(20(15-16)23-2)12-13-19-9-6-14-22-21(19)18-7-4-3-5-8-18;12-10-7-4-8-13-11(10)9-5-2-1-3-6-9;1-7-3-4-8(6-10)9(5-7)11-2;1-6-3-4-7(9)8(5-6)10-2;1-6-3-4-7(9(10)11)8(5-6)12-2;1-6-3-4-7(9)8(5-6)10-2;1-5-2-3-6(8(10)11)7(9)4-5;1-6-2-4-7(5-3-6)8(9)10;8-6-7-4-2-1-3-5-7;1-4(2,3)7-5-6;1-2-3;;/h3-5,7-8,10-11,15,19,21-22H,6,9,12-14H2,1-2H3;1-3,5-6,10-11,13H,4,7-8,12H2;3-6H,1-2H3;3-5H,1-2H3;3-5H,1-2H3;3-5H,9H2,1-2H3;2-4,9H,1H3;2-5H,1H3;6H,1-5H2;1-3H3;3H,2H2,1H3;1H4;/t19-,21+;10-,11-;;;;;;;;;;;/m10.........../s1. The van der Waals surface area contributed by atoms with Gasteiger partial charge < -0.3 is 65.7 Å². The van der Waals surface area contributed by atoms with E-state index in [0.29, 0.717) is 40.8 Å². The van der Waals surface area contributed by atoms with E-state index >= 15 is 0 Å². The molecule has 8 N–H and O–H groups in total. The van der Waals surface area contributed by atoms with E-state index in [1.165, 1.54) is 110 Å². The van der Waals surface area contributed by atoms with Crippen molar-refractivity contribution in [3.63, 3.8) is 0 Å². The van der Waals surface area contributed by atoms with Crippen molar-refractivity contribution >= 4 is 51.4 Å².